The standard InChI is InChI=1S/C12H15FN4O/c1-3-17(4-2)12-15-11(18-16-12)8-6-5-7-9(13)10(8)14/h5-7H,3-4,14H2,1-2H3. The van der Waals surface area contributed by atoms with Gasteiger partial charge in [-0.25, -0.2) is 4.39 Å². The van der Waals surface area contributed by atoms with E-state index < -0.39 is 5.82 Å². The third-order valence-corrected chi connectivity index (χ3v) is 2.74. The fourth-order valence-corrected chi connectivity index (χ4v) is 1.68. The van der Waals surface area contributed by atoms with Crippen molar-refractivity contribution < 1.29 is 8.91 Å². The zero-order valence-electron chi connectivity index (χ0n) is 10.4. The van der Waals surface area contributed by atoms with Crippen molar-refractivity contribution in [1.29, 1.82) is 0 Å². The van der Waals surface area contributed by atoms with Gasteiger partial charge < -0.3 is 15.2 Å². The molecule has 0 atom stereocenters. The van der Waals surface area contributed by atoms with E-state index in [9.17, 15) is 4.39 Å². The highest BCUT2D eigenvalue weighted by molar-refractivity contribution is 5.71. The van der Waals surface area contributed by atoms with Crippen LogP contribution in [0.5, 0.6) is 0 Å². The molecule has 0 aliphatic carbocycles. The van der Waals surface area contributed by atoms with E-state index in [1.807, 2.05) is 18.7 Å². The van der Waals surface area contributed by atoms with Crippen LogP contribution in [0.3, 0.4) is 0 Å². The second kappa shape index (κ2) is 5.03. The van der Waals surface area contributed by atoms with Crippen LogP contribution in [-0.2, 0) is 0 Å². The van der Waals surface area contributed by atoms with E-state index in [1.54, 1.807) is 12.1 Å². The van der Waals surface area contributed by atoms with Crippen LogP contribution < -0.4 is 10.6 Å². The molecule has 96 valence electrons. The van der Waals surface area contributed by atoms with E-state index in [0.29, 0.717) is 11.5 Å². The SMILES string of the molecule is CCN(CC)c1noc(-c2cccc(F)c2N)n1. The van der Waals surface area contributed by atoms with Gasteiger partial charge in [0.05, 0.1) is 11.3 Å². The van der Waals surface area contributed by atoms with Gasteiger partial charge in [0.2, 0.25) is 0 Å². The summed E-state index contributed by atoms with van der Waals surface area (Å²) in [5, 5.41) is 3.87. The minimum absolute atomic E-state index is 0.0206. The summed E-state index contributed by atoms with van der Waals surface area (Å²) in [6.45, 7) is 5.54. The Balaban J connectivity index is 2.38. The van der Waals surface area contributed by atoms with E-state index in [2.05, 4.69) is 10.1 Å². The molecule has 2 rings (SSSR count). The summed E-state index contributed by atoms with van der Waals surface area (Å²) in [5.41, 5.74) is 6.09. The predicted octanol–water partition coefficient (Wildman–Crippen LogP) is 2.30. The van der Waals surface area contributed by atoms with E-state index >= 15 is 0 Å². The lowest BCUT2D eigenvalue weighted by Gasteiger charge is -2.14. The van der Waals surface area contributed by atoms with Crippen molar-refractivity contribution in [2.45, 2.75) is 13.8 Å². The van der Waals surface area contributed by atoms with Crippen LogP contribution in [0, 0.1) is 5.82 Å². The topological polar surface area (TPSA) is 68.2 Å². The number of para-hydroxylation sites is 1. The fraction of sp³-hybridized carbons (Fsp3) is 0.333. The van der Waals surface area contributed by atoms with Gasteiger partial charge in [-0.1, -0.05) is 6.07 Å². The van der Waals surface area contributed by atoms with Gasteiger partial charge in [-0.15, -0.1) is 0 Å². The van der Waals surface area contributed by atoms with E-state index in [4.69, 9.17) is 10.3 Å². The molecule has 0 aliphatic heterocycles. The lowest BCUT2D eigenvalue weighted by molar-refractivity contribution is 0.429. The molecule has 1 aromatic heterocycles. The highest BCUT2D eigenvalue weighted by Crippen LogP contribution is 2.27. The molecule has 0 saturated carbocycles. The van der Waals surface area contributed by atoms with Crippen molar-refractivity contribution in [2.75, 3.05) is 23.7 Å². The highest BCUT2D eigenvalue weighted by Gasteiger charge is 2.16. The first kappa shape index (κ1) is 12.3. The minimum Gasteiger partial charge on any atom is -0.396 e. The van der Waals surface area contributed by atoms with Crippen molar-refractivity contribution in [1.82, 2.24) is 10.1 Å². The van der Waals surface area contributed by atoms with Crippen LogP contribution in [0.1, 0.15) is 13.8 Å². The monoisotopic (exact) mass is 250 g/mol. The highest BCUT2D eigenvalue weighted by atomic mass is 19.1. The number of nitrogens with two attached hydrogens (primary N) is 1. The first-order valence-electron chi connectivity index (χ1n) is 5.80. The van der Waals surface area contributed by atoms with Gasteiger partial charge in [-0.2, -0.15) is 4.98 Å². The van der Waals surface area contributed by atoms with Gasteiger partial charge in [0, 0.05) is 13.1 Å². The van der Waals surface area contributed by atoms with Crippen molar-refractivity contribution in [3.63, 3.8) is 0 Å². The number of benzene rings is 1. The third kappa shape index (κ3) is 2.13. The molecule has 0 aliphatic rings. The van der Waals surface area contributed by atoms with Crippen LogP contribution >= 0.6 is 0 Å². The molecular weight excluding hydrogens is 235 g/mol. The molecule has 2 N–H and O–H groups in total. The lowest BCUT2D eigenvalue weighted by atomic mass is 10.2. The molecular formula is C12H15FN4O. The van der Waals surface area contributed by atoms with Crippen molar-refractivity contribution in [2.24, 2.45) is 0 Å². The van der Waals surface area contributed by atoms with Crippen LogP contribution in [-0.4, -0.2) is 23.2 Å². The Labute approximate surface area is 104 Å². The van der Waals surface area contributed by atoms with Gasteiger partial charge in [-0.3, -0.25) is 0 Å². The molecule has 18 heavy (non-hydrogen) atoms. The number of halogens is 1. The van der Waals surface area contributed by atoms with Crippen LogP contribution in [0.2, 0.25) is 0 Å². The number of nitrogen functional groups attached to an aromatic ring is 1. The smallest absolute Gasteiger partial charge is 0.266 e. The molecule has 0 saturated heterocycles. The summed E-state index contributed by atoms with van der Waals surface area (Å²) in [6.07, 6.45) is 0. The maximum absolute atomic E-state index is 13.3. The summed E-state index contributed by atoms with van der Waals surface area (Å²) in [7, 11) is 0. The Morgan fingerprint density at radius 2 is 2.06 bits per heavy atom. The molecule has 0 amide bonds. The second-order valence-electron chi connectivity index (χ2n) is 3.77. The Morgan fingerprint density at radius 3 is 2.72 bits per heavy atom. The number of anilines is 2. The van der Waals surface area contributed by atoms with E-state index in [0.717, 1.165) is 13.1 Å². The Morgan fingerprint density at radius 1 is 1.33 bits per heavy atom. The zero-order chi connectivity index (χ0) is 13.1. The lowest BCUT2D eigenvalue weighted by Crippen LogP contribution is -2.22. The maximum Gasteiger partial charge on any atom is 0.266 e. The summed E-state index contributed by atoms with van der Waals surface area (Å²) in [4.78, 5) is 6.16. The number of hydrogen-bond acceptors (Lipinski definition) is 5. The van der Waals surface area contributed by atoms with Gasteiger partial charge in [0.1, 0.15) is 5.82 Å². The molecule has 1 aromatic carbocycles. The number of nitrogens with zero attached hydrogens (tertiary/aromatic N) is 3. The largest absolute Gasteiger partial charge is 0.396 e. The minimum atomic E-state index is -0.491. The van der Waals surface area contributed by atoms with Crippen LogP contribution in [0.25, 0.3) is 11.5 Å². The van der Waals surface area contributed by atoms with Crippen molar-refractivity contribution in [3.05, 3.63) is 24.0 Å². The average Bonchev–Trinajstić information content (AvgIpc) is 2.84. The Hall–Kier alpha value is -2.11. The quantitative estimate of drug-likeness (QED) is 0.843. The molecule has 0 bridgehead atoms. The van der Waals surface area contributed by atoms with E-state index in [1.165, 1.54) is 6.07 Å². The zero-order valence-corrected chi connectivity index (χ0v) is 10.4. The molecule has 0 unspecified atom stereocenters. The average molecular weight is 250 g/mol. The predicted molar refractivity (Wildman–Crippen MR) is 67.7 cm³/mol. The van der Waals surface area contributed by atoms with Crippen LogP contribution in [0.15, 0.2) is 22.7 Å². The normalized spacial score (nSPS) is 10.6. The third-order valence-electron chi connectivity index (χ3n) is 2.74. The molecule has 0 radical (unpaired) electrons. The summed E-state index contributed by atoms with van der Waals surface area (Å²) < 4.78 is 18.5. The molecule has 6 heteroatoms. The molecule has 1 heterocycles. The van der Waals surface area contributed by atoms with Crippen molar-refractivity contribution in [3.8, 4) is 11.5 Å². The molecule has 2 aromatic rings. The Kier molecular flexibility index (Phi) is 3.45. The van der Waals surface area contributed by atoms with Gasteiger partial charge in [0.15, 0.2) is 0 Å². The Bertz CT molecular complexity index is 537. The maximum atomic E-state index is 13.3. The fourth-order valence-electron chi connectivity index (χ4n) is 1.68. The van der Waals surface area contributed by atoms with Gasteiger partial charge in [-0.05, 0) is 31.1 Å². The van der Waals surface area contributed by atoms with Crippen molar-refractivity contribution >= 4 is 11.6 Å². The first-order valence-corrected chi connectivity index (χ1v) is 5.80. The molecule has 0 fully saturated rings. The number of hydrogen-bond donors (Lipinski definition) is 1. The van der Waals surface area contributed by atoms with E-state index in [-0.39, 0.29) is 11.6 Å². The number of rotatable bonds is 4. The second-order valence-corrected chi connectivity index (χ2v) is 3.77. The molecule has 0 spiro atoms. The summed E-state index contributed by atoms with van der Waals surface area (Å²) >= 11 is 0. The number of aromatic nitrogens is 2. The van der Waals surface area contributed by atoms with Gasteiger partial charge in [0.25, 0.3) is 11.8 Å². The van der Waals surface area contributed by atoms with Crippen LogP contribution in [0.4, 0.5) is 16.0 Å². The summed E-state index contributed by atoms with van der Waals surface area (Å²) in [5.74, 6) is 0.225. The summed E-state index contributed by atoms with van der Waals surface area (Å²) in [6, 6.07) is 4.50. The van der Waals surface area contributed by atoms with Gasteiger partial charge >= 0.3 is 0 Å². The first-order chi connectivity index (χ1) is 8.67. The molecule has 5 nitrogen and oxygen atoms in total.